The van der Waals surface area contributed by atoms with E-state index in [9.17, 15) is 4.79 Å². The average Bonchev–Trinajstić information content (AvgIpc) is 2.96. The highest BCUT2D eigenvalue weighted by Crippen LogP contribution is 2.17. The van der Waals surface area contributed by atoms with Crippen LogP contribution in [0.3, 0.4) is 0 Å². The number of amides is 1. The number of halogens is 1. The van der Waals surface area contributed by atoms with Crippen molar-refractivity contribution in [1.82, 2.24) is 16.2 Å². The molecular weight excluding hydrogens is 306 g/mol. The fourth-order valence-electron chi connectivity index (χ4n) is 2.23. The van der Waals surface area contributed by atoms with Crippen molar-refractivity contribution < 1.29 is 4.79 Å². The second-order valence-corrected chi connectivity index (χ2v) is 5.80. The summed E-state index contributed by atoms with van der Waals surface area (Å²) in [5.74, 6) is -0.273. The summed E-state index contributed by atoms with van der Waals surface area (Å²) in [5, 5.41) is 4.27. The summed E-state index contributed by atoms with van der Waals surface area (Å²) in [6, 6.07) is 7.69. The predicted octanol–water partition coefficient (Wildman–Crippen LogP) is 2.79. The predicted molar refractivity (Wildman–Crippen MR) is 89.8 cm³/mol. The molecule has 0 bridgehead atoms. The largest absolute Gasteiger partial charge is 0.359 e. The number of thiocarbonyl (C=S) groups is 1. The maximum atomic E-state index is 11.7. The van der Waals surface area contributed by atoms with Crippen molar-refractivity contribution in [3.05, 3.63) is 40.9 Å². The minimum atomic E-state index is -0.273. The smallest absolute Gasteiger partial charge is 0.262 e. The summed E-state index contributed by atoms with van der Waals surface area (Å²) in [6.45, 7) is 0. The van der Waals surface area contributed by atoms with Gasteiger partial charge in [-0.3, -0.25) is 15.6 Å². The van der Waals surface area contributed by atoms with Crippen molar-refractivity contribution in [2.45, 2.75) is 31.7 Å². The quantitative estimate of drug-likeness (QED) is 0.455. The Balaban J connectivity index is 1.72. The molecule has 112 valence electrons. The van der Waals surface area contributed by atoms with Crippen LogP contribution in [0.15, 0.2) is 30.3 Å². The summed E-state index contributed by atoms with van der Waals surface area (Å²) in [7, 11) is 0. The molecule has 3 N–H and O–H groups in total. The number of rotatable bonds is 3. The highest BCUT2D eigenvalue weighted by molar-refractivity contribution is 7.80. The summed E-state index contributed by atoms with van der Waals surface area (Å²) >= 11 is 11.0. The van der Waals surface area contributed by atoms with Gasteiger partial charge < -0.3 is 5.32 Å². The molecule has 0 saturated heterocycles. The zero-order valence-electron chi connectivity index (χ0n) is 11.6. The molecule has 4 nitrogen and oxygen atoms in total. The Morgan fingerprint density at radius 1 is 1.29 bits per heavy atom. The van der Waals surface area contributed by atoms with Gasteiger partial charge in [0.2, 0.25) is 0 Å². The molecule has 0 aromatic heterocycles. The van der Waals surface area contributed by atoms with Crippen LogP contribution >= 0.6 is 23.8 Å². The standard InChI is InChI=1S/C15H18ClN3OS/c16-12-5-3-4-11(10-12)8-9-14(20)18-19-15(21)17-13-6-1-2-7-13/h3-5,8-10,13H,1-2,6-7H2,(H,18,20)(H2,17,19,21)/b9-8+. The molecule has 6 heteroatoms. The van der Waals surface area contributed by atoms with Crippen LogP contribution in [0.1, 0.15) is 31.2 Å². The number of carbonyl (C=O) groups excluding carboxylic acids is 1. The van der Waals surface area contributed by atoms with Gasteiger partial charge in [-0.1, -0.05) is 36.6 Å². The molecule has 0 radical (unpaired) electrons. The third-order valence-electron chi connectivity index (χ3n) is 3.27. The maximum Gasteiger partial charge on any atom is 0.262 e. The first-order valence-corrected chi connectivity index (χ1v) is 7.72. The fourth-order valence-corrected chi connectivity index (χ4v) is 2.65. The molecule has 0 atom stereocenters. The third-order valence-corrected chi connectivity index (χ3v) is 3.72. The summed E-state index contributed by atoms with van der Waals surface area (Å²) in [6.07, 6.45) is 7.84. The minimum Gasteiger partial charge on any atom is -0.359 e. The van der Waals surface area contributed by atoms with Gasteiger partial charge in [0.05, 0.1) is 0 Å². The van der Waals surface area contributed by atoms with Crippen molar-refractivity contribution >= 4 is 40.9 Å². The van der Waals surface area contributed by atoms with Gasteiger partial charge in [-0.25, -0.2) is 0 Å². The molecule has 1 aromatic carbocycles. The Labute approximate surface area is 134 Å². The Hall–Kier alpha value is -1.59. The summed E-state index contributed by atoms with van der Waals surface area (Å²) in [4.78, 5) is 11.7. The molecule has 0 aliphatic heterocycles. The molecular formula is C15H18ClN3OS. The zero-order chi connectivity index (χ0) is 15.1. The average molecular weight is 324 g/mol. The second kappa shape index (κ2) is 8.00. The van der Waals surface area contributed by atoms with Crippen molar-refractivity contribution in [1.29, 1.82) is 0 Å². The first kappa shape index (κ1) is 15.8. The lowest BCUT2D eigenvalue weighted by molar-refractivity contribution is -0.116. The Kier molecular flexibility index (Phi) is 6.02. The van der Waals surface area contributed by atoms with Gasteiger partial charge >= 0.3 is 0 Å². The van der Waals surface area contributed by atoms with Crippen LogP contribution < -0.4 is 16.2 Å². The molecule has 1 aliphatic carbocycles. The van der Waals surface area contributed by atoms with Gasteiger partial charge in [-0.15, -0.1) is 0 Å². The van der Waals surface area contributed by atoms with Crippen LogP contribution in [0.25, 0.3) is 6.08 Å². The highest BCUT2D eigenvalue weighted by atomic mass is 35.5. The van der Waals surface area contributed by atoms with Crippen LogP contribution in [-0.2, 0) is 4.79 Å². The van der Waals surface area contributed by atoms with E-state index >= 15 is 0 Å². The number of benzene rings is 1. The molecule has 1 amide bonds. The lowest BCUT2D eigenvalue weighted by atomic mass is 10.2. The highest BCUT2D eigenvalue weighted by Gasteiger charge is 2.15. The van der Waals surface area contributed by atoms with Crippen LogP contribution in [0, 0.1) is 0 Å². The van der Waals surface area contributed by atoms with Crippen LogP contribution in [0.2, 0.25) is 5.02 Å². The van der Waals surface area contributed by atoms with E-state index in [2.05, 4.69) is 16.2 Å². The normalized spacial score (nSPS) is 15.1. The topological polar surface area (TPSA) is 53.2 Å². The molecule has 21 heavy (non-hydrogen) atoms. The monoisotopic (exact) mass is 323 g/mol. The zero-order valence-corrected chi connectivity index (χ0v) is 13.1. The van der Waals surface area contributed by atoms with Gasteiger partial charge in [-0.05, 0) is 48.8 Å². The van der Waals surface area contributed by atoms with Crippen LogP contribution in [0.4, 0.5) is 0 Å². The van der Waals surface area contributed by atoms with Crippen molar-refractivity contribution in [3.63, 3.8) is 0 Å². The molecule has 0 unspecified atom stereocenters. The molecule has 2 rings (SSSR count). The van der Waals surface area contributed by atoms with Crippen molar-refractivity contribution in [3.8, 4) is 0 Å². The van der Waals surface area contributed by atoms with E-state index in [-0.39, 0.29) is 5.91 Å². The van der Waals surface area contributed by atoms with Gasteiger partial charge in [0.15, 0.2) is 5.11 Å². The SMILES string of the molecule is O=C(/C=C/c1cccc(Cl)c1)NNC(=S)NC1CCCC1. The van der Waals surface area contributed by atoms with E-state index in [1.54, 1.807) is 18.2 Å². The maximum absolute atomic E-state index is 11.7. The first-order valence-electron chi connectivity index (χ1n) is 6.93. The van der Waals surface area contributed by atoms with Crippen molar-refractivity contribution in [2.24, 2.45) is 0 Å². The van der Waals surface area contributed by atoms with Crippen LogP contribution in [-0.4, -0.2) is 17.1 Å². The number of hydrogen-bond donors (Lipinski definition) is 3. The van der Waals surface area contributed by atoms with E-state index in [0.29, 0.717) is 16.2 Å². The molecule has 0 spiro atoms. The fraction of sp³-hybridized carbons (Fsp3) is 0.333. The van der Waals surface area contributed by atoms with E-state index in [4.69, 9.17) is 23.8 Å². The van der Waals surface area contributed by atoms with E-state index < -0.39 is 0 Å². The molecule has 1 aliphatic rings. The third kappa shape index (κ3) is 5.73. The Morgan fingerprint density at radius 3 is 2.76 bits per heavy atom. The summed E-state index contributed by atoms with van der Waals surface area (Å²) in [5.41, 5.74) is 6.09. The van der Waals surface area contributed by atoms with Gasteiger partial charge in [-0.2, -0.15) is 0 Å². The lowest BCUT2D eigenvalue weighted by Gasteiger charge is -2.15. The second-order valence-electron chi connectivity index (χ2n) is 4.96. The Morgan fingerprint density at radius 2 is 2.05 bits per heavy atom. The van der Waals surface area contributed by atoms with Gasteiger partial charge in [0.25, 0.3) is 5.91 Å². The molecule has 1 aromatic rings. The lowest BCUT2D eigenvalue weighted by Crippen LogP contribution is -2.48. The first-order chi connectivity index (χ1) is 10.1. The summed E-state index contributed by atoms with van der Waals surface area (Å²) < 4.78 is 0. The number of hydrogen-bond acceptors (Lipinski definition) is 2. The molecule has 1 saturated carbocycles. The Bertz CT molecular complexity index is 541. The minimum absolute atomic E-state index is 0.273. The van der Waals surface area contributed by atoms with Gasteiger partial charge in [0.1, 0.15) is 0 Å². The van der Waals surface area contributed by atoms with E-state index in [0.717, 1.165) is 18.4 Å². The van der Waals surface area contributed by atoms with E-state index in [1.807, 2.05) is 12.1 Å². The number of nitrogens with one attached hydrogen (secondary N) is 3. The number of carbonyl (C=O) groups is 1. The van der Waals surface area contributed by atoms with Crippen molar-refractivity contribution in [2.75, 3.05) is 0 Å². The van der Waals surface area contributed by atoms with Gasteiger partial charge in [0, 0.05) is 17.1 Å². The molecule has 0 heterocycles. The molecule has 1 fully saturated rings. The van der Waals surface area contributed by atoms with E-state index in [1.165, 1.54) is 18.9 Å². The van der Waals surface area contributed by atoms with Crippen LogP contribution in [0.5, 0.6) is 0 Å². The number of hydrazine groups is 1.